The Morgan fingerprint density at radius 3 is 1.00 bits per heavy atom. The van der Waals surface area contributed by atoms with Crippen molar-refractivity contribution in [3.05, 3.63) is 46.5 Å². The van der Waals surface area contributed by atoms with Crippen molar-refractivity contribution in [2.45, 2.75) is 73.6 Å². The first-order valence-electron chi connectivity index (χ1n) is 8.72. The van der Waals surface area contributed by atoms with Crippen LogP contribution in [0, 0.1) is 13.8 Å². The van der Waals surface area contributed by atoms with Crippen LogP contribution >= 0.6 is 0 Å². The number of aromatic hydroxyl groups is 4. The Hall–Kier alpha value is -2.36. The third-order valence-electron chi connectivity index (χ3n) is 4.23. The molecule has 4 N–H and O–H groups in total. The van der Waals surface area contributed by atoms with Gasteiger partial charge in [0.1, 0.15) is 0 Å². The molecular weight excluding hydrogens is 340 g/mol. The standard InChI is InChI=1S/2C11H16O2.CH4/c2*1-7-5-6-8(12)10(13)9(7)11(2,3)4;/h2*5-6,12-13H,1-4H3;1H4. The molecule has 0 atom stereocenters. The molecule has 4 heteroatoms. The number of hydrogen-bond donors (Lipinski definition) is 4. The van der Waals surface area contributed by atoms with Gasteiger partial charge in [-0.2, -0.15) is 0 Å². The highest BCUT2D eigenvalue weighted by molar-refractivity contribution is 5.52. The number of phenolic OH excluding ortho intramolecular Hbond substituents is 4. The van der Waals surface area contributed by atoms with E-state index < -0.39 is 0 Å². The van der Waals surface area contributed by atoms with E-state index in [0.717, 1.165) is 22.3 Å². The summed E-state index contributed by atoms with van der Waals surface area (Å²) in [5, 5.41) is 38.0. The first kappa shape index (κ1) is 24.6. The molecule has 0 saturated carbocycles. The third-order valence-corrected chi connectivity index (χ3v) is 4.23. The van der Waals surface area contributed by atoms with E-state index in [-0.39, 0.29) is 41.3 Å². The molecule has 27 heavy (non-hydrogen) atoms. The van der Waals surface area contributed by atoms with Gasteiger partial charge >= 0.3 is 0 Å². The summed E-state index contributed by atoms with van der Waals surface area (Å²) < 4.78 is 0. The molecule has 0 spiro atoms. The van der Waals surface area contributed by atoms with E-state index in [2.05, 4.69) is 0 Å². The lowest BCUT2D eigenvalue weighted by atomic mass is 9.83. The van der Waals surface area contributed by atoms with E-state index in [4.69, 9.17) is 0 Å². The molecule has 4 nitrogen and oxygen atoms in total. The fourth-order valence-electron chi connectivity index (χ4n) is 3.26. The van der Waals surface area contributed by atoms with Crippen molar-refractivity contribution < 1.29 is 20.4 Å². The van der Waals surface area contributed by atoms with E-state index in [1.165, 1.54) is 12.1 Å². The number of rotatable bonds is 0. The van der Waals surface area contributed by atoms with Gasteiger partial charge in [-0.3, -0.25) is 0 Å². The Morgan fingerprint density at radius 1 is 0.556 bits per heavy atom. The van der Waals surface area contributed by atoms with Crippen LogP contribution in [0.3, 0.4) is 0 Å². The first-order valence-corrected chi connectivity index (χ1v) is 8.72. The van der Waals surface area contributed by atoms with Crippen LogP contribution in [0.2, 0.25) is 0 Å². The normalized spacial score (nSPS) is 11.3. The van der Waals surface area contributed by atoms with E-state index in [1.807, 2.05) is 67.5 Å². The Morgan fingerprint density at radius 2 is 0.815 bits per heavy atom. The Labute approximate surface area is 164 Å². The van der Waals surface area contributed by atoms with Crippen molar-refractivity contribution in [3.63, 3.8) is 0 Å². The quantitative estimate of drug-likeness (QED) is 0.422. The molecule has 0 unspecified atom stereocenters. The number of phenols is 4. The smallest absolute Gasteiger partial charge is 0.161 e. The molecule has 2 aromatic carbocycles. The highest BCUT2D eigenvalue weighted by atomic mass is 16.3. The fourth-order valence-corrected chi connectivity index (χ4v) is 3.26. The summed E-state index contributed by atoms with van der Waals surface area (Å²) in [4.78, 5) is 0. The lowest BCUT2D eigenvalue weighted by Crippen LogP contribution is -2.13. The van der Waals surface area contributed by atoms with Crippen molar-refractivity contribution in [1.82, 2.24) is 0 Å². The third kappa shape index (κ3) is 5.81. The molecule has 0 heterocycles. The van der Waals surface area contributed by atoms with Crippen LogP contribution in [0.5, 0.6) is 23.0 Å². The van der Waals surface area contributed by atoms with Gasteiger partial charge in [-0.25, -0.2) is 0 Å². The molecule has 0 aromatic heterocycles. The van der Waals surface area contributed by atoms with E-state index in [1.54, 1.807) is 0 Å². The molecule has 0 radical (unpaired) electrons. The van der Waals surface area contributed by atoms with E-state index in [0.29, 0.717) is 0 Å². The molecular formula is C23H36O4. The molecule has 0 bridgehead atoms. The second-order valence-electron chi connectivity index (χ2n) is 8.75. The van der Waals surface area contributed by atoms with Gasteiger partial charge in [0.15, 0.2) is 23.0 Å². The fraction of sp³-hybridized carbons (Fsp3) is 0.478. The average Bonchev–Trinajstić information content (AvgIpc) is 2.45. The minimum atomic E-state index is -0.146. The van der Waals surface area contributed by atoms with Gasteiger partial charge in [0.25, 0.3) is 0 Å². The summed E-state index contributed by atoms with van der Waals surface area (Å²) in [7, 11) is 0. The molecule has 2 rings (SSSR count). The van der Waals surface area contributed by atoms with Crippen molar-refractivity contribution in [2.24, 2.45) is 0 Å². The zero-order valence-electron chi connectivity index (χ0n) is 17.1. The zero-order valence-corrected chi connectivity index (χ0v) is 17.1. The molecule has 0 aliphatic heterocycles. The molecule has 2 aromatic rings. The Balaban J connectivity index is 0.000000483. The predicted molar refractivity (Wildman–Crippen MR) is 113 cm³/mol. The SMILES string of the molecule is C.Cc1ccc(O)c(O)c1C(C)(C)C.Cc1ccc(O)c(O)c1C(C)(C)C. The summed E-state index contributed by atoms with van der Waals surface area (Å²) >= 11 is 0. The average molecular weight is 377 g/mol. The second kappa shape index (κ2) is 8.55. The molecule has 0 aliphatic carbocycles. The maximum Gasteiger partial charge on any atom is 0.161 e. The van der Waals surface area contributed by atoms with E-state index >= 15 is 0 Å². The molecule has 0 amide bonds. The zero-order chi connectivity index (χ0) is 20.4. The van der Waals surface area contributed by atoms with Gasteiger partial charge in [0, 0.05) is 11.1 Å². The van der Waals surface area contributed by atoms with Crippen LogP contribution in [0.15, 0.2) is 24.3 Å². The molecule has 0 fully saturated rings. The van der Waals surface area contributed by atoms with Crippen LogP contribution in [0.1, 0.15) is 71.2 Å². The van der Waals surface area contributed by atoms with Gasteiger partial charge in [-0.1, -0.05) is 61.1 Å². The lowest BCUT2D eigenvalue weighted by molar-refractivity contribution is 0.388. The second-order valence-corrected chi connectivity index (χ2v) is 8.75. The monoisotopic (exact) mass is 376 g/mol. The van der Waals surface area contributed by atoms with E-state index in [9.17, 15) is 20.4 Å². The van der Waals surface area contributed by atoms with Gasteiger partial charge in [0.2, 0.25) is 0 Å². The van der Waals surface area contributed by atoms with Gasteiger partial charge in [-0.05, 0) is 47.9 Å². The molecule has 0 aliphatic rings. The summed E-state index contributed by atoms with van der Waals surface area (Å²) in [6, 6.07) is 6.66. The highest BCUT2D eigenvalue weighted by Crippen LogP contribution is 2.39. The van der Waals surface area contributed by atoms with Crippen LogP contribution < -0.4 is 0 Å². The number of aryl methyl sites for hydroxylation is 2. The van der Waals surface area contributed by atoms with Crippen LogP contribution in [0.25, 0.3) is 0 Å². The van der Waals surface area contributed by atoms with Gasteiger partial charge in [0.05, 0.1) is 0 Å². The maximum absolute atomic E-state index is 9.66. The number of benzene rings is 2. The topological polar surface area (TPSA) is 80.9 Å². The Bertz CT molecular complexity index is 711. The predicted octanol–water partition coefficient (Wildman–Crippen LogP) is 6.04. The minimum absolute atomic E-state index is 0. The summed E-state index contributed by atoms with van der Waals surface area (Å²) in [6.45, 7) is 15.9. The van der Waals surface area contributed by atoms with Gasteiger partial charge in [-0.15, -0.1) is 0 Å². The summed E-state index contributed by atoms with van der Waals surface area (Å²) in [6.07, 6.45) is 0. The summed E-state index contributed by atoms with van der Waals surface area (Å²) in [5.74, 6) is -0.0777. The largest absolute Gasteiger partial charge is 0.504 e. The number of hydrogen-bond acceptors (Lipinski definition) is 4. The van der Waals surface area contributed by atoms with Crippen molar-refractivity contribution in [3.8, 4) is 23.0 Å². The molecule has 152 valence electrons. The first-order chi connectivity index (χ1) is 11.7. The van der Waals surface area contributed by atoms with Crippen LogP contribution in [0.4, 0.5) is 0 Å². The lowest BCUT2D eigenvalue weighted by Gasteiger charge is -2.23. The maximum atomic E-state index is 9.66. The summed E-state index contributed by atoms with van der Waals surface area (Å²) in [5.41, 5.74) is 3.34. The molecule has 0 saturated heterocycles. The van der Waals surface area contributed by atoms with Crippen LogP contribution in [-0.4, -0.2) is 20.4 Å². The van der Waals surface area contributed by atoms with Crippen molar-refractivity contribution in [2.75, 3.05) is 0 Å². The van der Waals surface area contributed by atoms with Gasteiger partial charge < -0.3 is 20.4 Å². The minimum Gasteiger partial charge on any atom is -0.504 e. The van der Waals surface area contributed by atoms with Crippen LogP contribution in [-0.2, 0) is 10.8 Å². The van der Waals surface area contributed by atoms with Crippen molar-refractivity contribution >= 4 is 0 Å². The Kier molecular flexibility index (Phi) is 7.81. The van der Waals surface area contributed by atoms with Crippen molar-refractivity contribution in [1.29, 1.82) is 0 Å². The highest BCUT2D eigenvalue weighted by Gasteiger charge is 2.23.